The Morgan fingerprint density at radius 3 is 2.59 bits per heavy atom. The van der Waals surface area contributed by atoms with Gasteiger partial charge in [-0.1, -0.05) is 24.3 Å². The van der Waals surface area contributed by atoms with E-state index in [2.05, 4.69) is 6.07 Å². The number of rotatable bonds is 7. The highest BCUT2D eigenvalue weighted by molar-refractivity contribution is 5.27. The third kappa shape index (κ3) is 4.89. The van der Waals surface area contributed by atoms with E-state index in [-0.39, 0.29) is 11.7 Å². The SMILES string of the molecule is Cc1cccc(OCCCCC(C#N)c2ccc(F)cc2)c1. The number of unbranched alkanes of at least 4 members (excludes halogenated alkanes) is 1. The van der Waals surface area contributed by atoms with Crippen molar-refractivity contribution in [2.75, 3.05) is 6.61 Å². The van der Waals surface area contributed by atoms with Crippen molar-refractivity contribution in [3.05, 3.63) is 65.5 Å². The Balaban J connectivity index is 1.73. The summed E-state index contributed by atoms with van der Waals surface area (Å²) in [6.07, 6.45) is 2.56. The molecule has 2 nitrogen and oxygen atoms in total. The molecule has 1 unspecified atom stereocenters. The van der Waals surface area contributed by atoms with E-state index >= 15 is 0 Å². The minimum absolute atomic E-state index is 0.181. The molecule has 3 heteroatoms. The second-order valence-corrected chi connectivity index (χ2v) is 5.39. The molecular formula is C19H20FNO. The van der Waals surface area contributed by atoms with Crippen LogP contribution in [0.2, 0.25) is 0 Å². The molecule has 0 radical (unpaired) electrons. The molecule has 2 aromatic carbocycles. The van der Waals surface area contributed by atoms with E-state index in [0.29, 0.717) is 6.61 Å². The highest BCUT2D eigenvalue weighted by atomic mass is 19.1. The molecule has 0 aliphatic heterocycles. The molecule has 0 bridgehead atoms. The van der Waals surface area contributed by atoms with E-state index in [1.807, 2.05) is 31.2 Å². The predicted octanol–water partition coefficient (Wildman–Crippen LogP) is 4.99. The van der Waals surface area contributed by atoms with Crippen molar-refractivity contribution in [3.63, 3.8) is 0 Å². The van der Waals surface area contributed by atoms with Crippen LogP contribution in [0.25, 0.3) is 0 Å². The van der Waals surface area contributed by atoms with Crippen molar-refractivity contribution in [2.24, 2.45) is 0 Å². The smallest absolute Gasteiger partial charge is 0.123 e. The minimum Gasteiger partial charge on any atom is -0.494 e. The lowest BCUT2D eigenvalue weighted by molar-refractivity contribution is 0.304. The second kappa shape index (κ2) is 8.19. The van der Waals surface area contributed by atoms with Crippen LogP contribution in [-0.2, 0) is 0 Å². The van der Waals surface area contributed by atoms with Gasteiger partial charge in [0.15, 0.2) is 0 Å². The molecule has 114 valence electrons. The summed E-state index contributed by atoms with van der Waals surface area (Å²) < 4.78 is 18.6. The lowest BCUT2D eigenvalue weighted by atomic mass is 9.95. The summed E-state index contributed by atoms with van der Waals surface area (Å²) in [5.41, 5.74) is 2.06. The van der Waals surface area contributed by atoms with Crippen molar-refractivity contribution >= 4 is 0 Å². The van der Waals surface area contributed by atoms with Crippen LogP contribution in [0.4, 0.5) is 4.39 Å². The number of nitrogens with zero attached hydrogens (tertiary/aromatic N) is 1. The van der Waals surface area contributed by atoms with Crippen LogP contribution in [0.15, 0.2) is 48.5 Å². The quantitative estimate of drug-likeness (QED) is 0.674. The van der Waals surface area contributed by atoms with Gasteiger partial charge < -0.3 is 4.74 Å². The van der Waals surface area contributed by atoms with Gasteiger partial charge in [-0.2, -0.15) is 5.26 Å². The average Bonchev–Trinajstić information content (AvgIpc) is 2.52. The zero-order chi connectivity index (χ0) is 15.8. The number of nitriles is 1. The van der Waals surface area contributed by atoms with E-state index in [4.69, 9.17) is 4.74 Å². The molecule has 0 heterocycles. The maximum atomic E-state index is 12.9. The van der Waals surface area contributed by atoms with Crippen molar-refractivity contribution in [2.45, 2.75) is 32.1 Å². The van der Waals surface area contributed by atoms with E-state index < -0.39 is 0 Å². The topological polar surface area (TPSA) is 33.0 Å². The summed E-state index contributed by atoms with van der Waals surface area (Å²) in [7, 11) is 0. The van der Waals surface area contributed by atoms with Crippen molar-refractivity contribution in [3.8, 4) is 11.8 Å². The Labute approximate surface area is 131 Å². The summed E-state index contributed by atoms with van der Waals surface area (Å²) in [6.45, 7) is 2.68. The van der Waals surface area contributed by atoms with E-state index in [0.717, 1.165) is 30.6 Å². The fraction of sp³-hybridized carbons (Fsp3) is 0.316. The molecule has 0 aromatic heterocycles. The van der Waals surface area contributed by atoms with Crippen molar-refractivity contribution < 1.29 is 9.13 Å². The molecular weight excluding hydrogens is 277 g/mol. The molecule has 0 saturated heterocycles. The molecule has 0 saturated carbocycles. The predicted molar refractivity (Wildman–Crippen MR) is 85.3 cm³/mol. The monoisotopic (exact) mass is 297 g/mol. The summed E-state index contributed by atoms with van der Waals surface area (Å²) in [4.78, 5) is 0. The fourth-order valence-corrected chi connectivity index (χ4v) is 2.35. The summed E-state index contributed by atoms with van der Waals surface area (Å²) in [5.74, 6) is 0.432. The zero-order valence-corrected chi connectivity index (χ0v) is 12.8. The summed E-state index contributed by atoms with van der Waals surface area (Å²) >= 11 is 0. The highest BCUT2D eigenvalue weighted by Crippen LogP contribution is 2.22. The second-order valence-electron chi connectivity index (χ2n) is 5.39. The molecule has 2 rings (SSSR count). The van der Waals surface area contributed by atoms with Crippen molar-refractivity contribution in [1.29, 1.82) is 5.26 Å². The van der Waals surface area contributed by atoms with Gasteiger partial charge in [0.05, 0.1) is 18.6 Å². The average molecular weight is 297 g/mol. The minimum atomic E-state index is -0.271. The Hall–Kier alpha value is -2.34. The van der Waals surface area contributed by atoms with Crippen LogP contribution < -0.4 is 4.74 Å². The first-order chi connectivity index (χ1) is 10.7. The number of ether oxygens (including phenoxy) is 1. The lowest BCUT2D eigenvalue weighted by Crippen LogP contribution is -2.00. The number of hydrogen-bond acceptors (Lipinski definition) is 2. The lowest BCUT2D eigenvalue weighted by Gasteiger charge is -2.10. The molecule has 0 N–H and O–H groups in total. The summed E-state index contributed by atoms with van der Waals surface area (Å²) in [5, 5.41) is 9.24. The Kier molecular flexibility index (Phi) is 5.97. The Bertz CT molecular complexity index is 631. The van der Waals surface area contributed by atoms with Gasteiger partial charge in [0.25, 0.3) is 0 Å². The van der Waals surface area contributed by atoms with E-state index in [9.17, 15) is 9.65 Å². The van der Waals surface area contributed by atoms with Crippen LogP contribution in [0.5, 0.6) is 5.75 Å². The van der Waals surface area contributed by atoms with E-state index in [1.54, 1.807) is 12.1 Å². The van der Waals surface area contributed by atoms with Gasteiger partial charge in [-0.3, -0.25) is 0 Å². The van der Waals surface area contributed by atoms with Crippen molar-refractivity contribution in [1.82, 2.24) is 0 Å². The van der Waals surface area contributed by atoms with Gasteiger partial charge in [0.1, 0.15) is 11.6 Å². The van der Waals surface area contributed by atoms with Gasteiger partial charge in [0, 0.05) is 0 Å². The molecule has 1 atom stereocenters. The van der Waals surface area contributed by atoms with Gasteiger partial charge in [-0.05, 0) is 61.6 Å². The number of halogens is 1. The Morgan fingerprint density at radius 1 is 1.14 bits per heavy atom. The molecule has 2 aromatic rings. The molecule has 0 aliphatic carbocycles. The number of aryl methyl sites for hydroxylation is 1. The third-order valence-corrected chi connectivity index (χ3v) is 3.57. The largest absolute Gasteiger partial charge is 0.494 e. The summed E-state index contributed by atoms with van der Waals surface area (Å²) in [6, 6.07) is 16.4. The maximum absolute atomic E-state index is 12.9. The first kappa shape index (κ1) is 16.0. The molecule has 0 fully saturated rings. The standard InChI is InChI=1S/C19H20FNO/c1-15-5-4-7-19(13-15)22-12-3-2-6-17(14-21)16-8-10-18(20)11-9-16/h4-5,7-11,13,17H,2-3,6,12H2,1H3. The number of hydrogen-bond donors (Lipinski definition) is 0. The normalized spacial score (nSPS) is 11.7. The van der Waals surface area contributed by atoms with Gasteiger partial charge in [-0.15, -0.1) is 0 Å². The number of benzene rings is 2. The van der Waals surface area contributed by atoms with Gasteiger partial charge in [-0.25, -0.2) is 4.39 Å². The van der Waals surface area contributed by atoms with Gasteiger partial charge in [0.2, 0.25) is 0 Å². The molecule has 0 spiro atoms. The Morgan fingerprint density at radius 2 is 1.91 bits per heavy atom. The first-order valence-corrected chi connectivity index (χ1v) is 7.53. The molecule has 0 aliphatic rings. The third-order valence-electron chi connectivity index (χ3n) is 3.57. The maximum Gasteiger partial charge on any atom is 0.123 e. The molecule has 22 heavy (non-hydrogen) atoms. The highest BCUT2D eigenvalue weighted by Gasteiger charge is 2.10. The van der Waals surface area contributed by atoms with Crippen LogP contribution in [0.1, 0.15) is 36.3 Å². The van der Waals surface area contributed by atoms with Crippen LogP contribution in [0.3, 0.4) is 0 Å². The van der Waals surface area contributed by atoms with Crippen LogP contribution in [0, 0.1) is 24.1 Å². The fourth-order valence-electron chi connectivity index (χ4n) is 2.35. The van der Waals surface area contributed by atoms with E-state index in [1.165, 1.54) is 17.7 Å². The van der Waals surface area contributed by atoms with Crippen LogP contribution in [-0.4, -0.2) is 6.61 Å². The first-order valence-electron chi connectivity index (χ1n) is 7.53. The van der Waals surface area contributed by atoms with Crippen LogP contribution >= 0.6 is 0 Å². The van der Waals surface area contributed by atoms with Gasteiger partial charge >= 0.3 is 0 Å². The zero-order valence-electron chi connectivity index (χ0n) is 12.8. The molecule has 0 amide bonds.